The SMILES string of the molecule is NC(=O)CSCC(NC(=O)c1ccccc1)C(=O)O. The summed E-state index contributed by atoms with van der Waals surface area (Å²) in [5.41, 5.74) is 5.34. The molecular weight excluding hydrogens is 268 g/mol. The highest BCUT2D eigenvalue weighted by Crippen LogP contribution is 2.05. The van der Waals surface area contributed by atoms with Crippen molar-refractivity contribution in [2.24, 2.45) is 5.73 Å². The normalized spacial score (nSPS) is 11.6. The number of benzene rings is 1. The van der Waals surface area contributed by atoms with Crippen LogP contribution in [0.4, 0.5) is 0 Å². The molecule has 0 saturated heterocycles. The fourth-order valence-electron chi connectivity index (χ4n) is 1.28. The number of rotatable bonds is 7. The van der Waals surface area contributed by atoms with Gasteiger partial charge in [0.1, 0.15) is 6.04 Å². The van der Waals surface area contributed by atoms with E-state index in [-0.39, 0.29) is 11.5 Å². The first kappa shape index (κ1) is 15.0. The predicted molar refractivity (Wildman–Crippen MR) is 71.9 cm³/mol. The number of nitrogens with two attached hydrogens (primary N) is 1. The summed E-state index contributed by atoms with van der Waals surface area (Å²) in [6.07, 6.45) is 0. The molecule has 6 nitrogen and oxygen atoms in total. The molecule has 102 valence electrons. The molecule has 19 heavy (non-hydrogen) atoms. The van der Waals surface area contributed by atoms with Gasteiger partial charge in [-0.25, -0.2) is 4.79 Å². The third-order valence-corrected chi connectivity index (χ3v) is 3.23. The van der Waals surface area contributed by atoms with Crippen LogP contribution in [0, 0.1) is 0 Å². The maximum Gasteiger partial charge on any atom is 0.327 e. The molecule has 0 spiro atoms. The van der Waals surface area contributed by atoms with Crippen molar-refractivity contribution in [1.82, 2.24) is 5.32 Å². The van der Waals surface area contributed by atoms with Crippen molar-refractivity contribution in [3.05, 3.63) is 35.9 Å². The van der Waals surface area contributed by atoms with E-state index in [0.29, 0.717) is 5.56 Å². The second-order valence-corrected chi connectivity index (χ2v) is 4.74. The fourth-order valence-corrected chi connectivity index (χ4v) is 2.06. The molecule has 1 aromatic rings. The first-order chi connectivity index (χ1) is 9.00. The zero-order valence-corrected chi connectivity index (χ0v) is 10.9. The largest absolute Gasteiger partial charge is 0.480 e. The highest BCUT2D eigenvalue weighted by atomic mass is 32.2. The van der Waals surface area contributed by atoms with Crippen LogP contribution in [0.25, 0.3) is 0 Å². The summed E-state index contributed by atoms with van der Waals surface area (Å²) in [7, 11) is 0. The van der Waals surface area contributed by atoms with Crippen molar-refractivity contribution in [3.8, 4) is 0 Å². The van der Waals surface area contributed by atoms with Crippen molar-refractivity contribution < 1.29 is 19.5 Å². The van der Waals surface area contributed by atoms with E-state index < -0.39 is 23.8 Å². The van der Waals surface area contributed by atoms with Gasteiger partial charge < -0.3 is 16.2 Å². The van der Waals surface area contributed by atoms with Crippen LogP contribution < -0.4 is 11.1 Å². The molecule has 1 unspecified atom stereocenters. The minimum Gasteiger partial charge on any atom is -0.480 e. The zero-order valence-electron chi connectivity index (χ0n) is 10.0. The number of carbonyl (C=O) groups excluding carboxylic acids is 2. The third kappa shape index (κ3) is 5.43. The van der Waals surface area contributed by atoms with Crippen LogP contribution in [-0.2, 0) is 9.59 Å². The molecule has 1 atom stereocenters. The van der Waals surface area contributed by atoms with E-state index in [4.69, 9.17) is 10.8 Å². The molecule has 1 rings (SSSR count). The van der Waals surface area contributed by atoms with Gasteiger partial charge in [-0.2, -0.15) is 0 Å². The summed E-state index contributed by atoms with van der Waals surface area (Å²) in [6, 6.07) is 7.25. The Morgan fingerprint density at radius 1 is 1.26 bits per heavy atom. The lowest BCUT2D eigenvalue weighted by molar-refractivity contribution is -0.138. The fraction of sp³-hybridized carbons (Fsp3) is 0.250. The van der Waals surface area contributed by atoms with Gasteiger partial charge in [0.25, 0.3) is 5.91 Å². The summed E-state index contributed by atoms with van der Waals surface area (Å²) in [6.45, 7) is 0. The molecule has 1 aromatic carbocycles. The standard InChI is InChI=1S/C12H14N2O4S/c13-10(15)7-19-6-9(12(17)18)14-11(16)8-4-2-1-3-5-8/h1-5,9H,6-7H2,(H2,13,15)(H,14,16)(H,17,18). The Morgan fingerprint density at radius 2 is 1.89 bits per heavy atom. The van der Waals surface area contributed by atoms with Gasteiger partial charge in [-0.15, -0.1) is 11.8 Å². The van der Waals surface area contributed by atoms with E-state index in [1.54, 1.807) is 30.3 Å². The van der Waals surface area contributed by atoms with Gasteiger partial charge in [-0.3, -0.25) is 9.59 Å². The number of thioether (sulfide) groups is 1. The van der Waals surface area contributed by atoms with Crippen molar-refractivity contribution >= 4 is 29.5 Å². The van der Waals surface area contributed by atoms with Crippen LogP contribution >= 0.6 is 11.8 Å². The zero-order chi connectivity index (χ0) is 14.3. The molecule has 0 saturated carbocycles. The minimum atomic E-state index is -1.15. The number of hydrogen-bond donors (Lipinski definition) is 3. The van der Waals surface area contributed by atoms with Crippen LogP contribution in [0.15, 0.2) is 30.3 Å². The Labute approximate surface area is 114 Å². The number of carboxylic acid groups (broad SMARTS) is 1. The summed E-state index contributed by atoms with van der Waals surface area (Å²) in [5.74, 6) is -2.04. The second-order valence-electron chi connectivity index (χ2n) is 3.71. The smallest absolute Gasteiger partial charge is 0.327 e. The van der Waals surface area contributed by atoms with Crippen LogP contribution in [-0.4, -0.2) is 40.4 Å². The molecule has 7 heteroatoms. The van der Waals surface area contributed by atoms with Crippen molar-refractivity contribution in [1.29, 1.82) is 0 Å². The Balaban J connectivity index is 2.56. The van der Waals surface area contributed by atoms with E-state index in [2.05, 4.69) is 5.32 Å². The van der Waals surface area contributed by atoms with Gasteiger partial charge in [-0.1, -0.05) is 18.2 Å². The average molecular weight is 282 g/mol. The van der Waals surface area contributed by atoms with E-state index in [9.17, 15) is 14.4 Å². The van der Waals surface area contributed by atoms with Crippen molar-refractivity contribution in [2.45, 2.75) is 6.04 Å². The molecule has 2 amide bonds. The lowest BCUT2D eigenvalue weighted by Gasteiger charge is -2.13. The first-order valence-electron chi connectivity index (χ1n) is 5.45. The van der Waals surface area contributed by atoms with Gasteiger partial charge >= 0.3 is 5.97 Å². The van der Waals surface area contributed by atoms with Gasteiger partial charge in [0, 0.05) is 11.3 Å². The molecule has 0 fully saturated rings. The Hall–Kier alpha value is -2.02. The van der Waals surface area contributed by atoms with Gasteiger partial charge in [0.05, 0.1) is 5.75 Å². The van der Waals surface area contributed by atoms with E-state index in [0.717, 1.165) is 11.8 Å². The van der Waals surface area contributed by atoms with Crippen molar-refractivity contribution in [2.75, 3.05) is 11.5 Å². The number of carbonyl (C=O) groups is 3. The highest BCUT2D eigenvalue weighted by Gasteiger charge is 2.20. The summed E-state index contributed by atoms with van der Waals surface area (Å²) in [4.78, 5) is 33.3. The first-order valence-corrected chi connectivity index (χ1v) is 6.61. The van der Waals surface area contributed by atoms with Gasteiger partial charge in [-0.05, 0) is 12.1 Å². The molecule has 0 aliphatic carbocycles. The molecule has 0 radical (unpaired) electrons. The topological polar surface area (TPSA) is 109 Å². The number of hydrogen-bond acceptors (Lipinski definition) is 4. The van der Waals surface area contributed by atoms with E-state index in [1.165, 1.54) is 0 Å². The number of carboxylic acids is 1. The Morgan fingerprint density at radius 3 is 2.42 bits per heavy atom. The Bertz CT molecular complexity index is 464. The monoisotopic (exact) mass is 282 g/mol. The second kappa shape index (κ2) is 7.42. The van der Waals surface area contributed by atoms with Gasteiger partial charge in [0.2, 0.25) is 5.91 Å². The Kier molecular flexibility index (Phi) is 5.87. The maximum absolute atomic E-state index is 11.8. The number of primary amides is 1. The molecule has 0 aliphatic heterocycles. The summed E-state index contributed by atoms with van der Waals surface area (Å²) < 4.78 is 0. The number of nitrogens with one attached hydrogen (secondary N) is 1. The van der Waals surface area contributed by atoms with Crippen LogP contribution in [0.5, 0.6) is 0 Å². The van der Waals surface area contributed by atoms with Crippen molar-refractivity contribution in [3.63, 3.8) is 0 Å². The summed E-state index contributed by atoms with van der Waals surface area (Å²) in [5, 5.41) is 11.4. The molecule has 0 aliphatic rings. The van der Waals surface area contributed by atoms with Crippen LogP contribution in [0.3, 0.4) is 0 Å². The molecule has 0 aromatic heterocycles. The lowest BCUT2D eigenvalue weighted by atomic mass is 10.2. The summed E-state index contributed by atoms with van der Waals surface area (Å²) >= 11 is 1.06. The highest BCUT2D eigenvalue weighted by molar-refractivity contribution is 8.00. The molecule has 4 N–H and O–H groups in total. The van der Waals surface area contributed by atoms with E-state index >= 15 is 0 Å². The minimum absolute atomic E-state index is 0.0188. The molecular formula is C12H14N2O4S. The predicted octanol–water partition coefficient (Wildman–Crippen LogP) is 0.0881. The van der Waals surface area contributed by atoms with Gasteiger partial charge in [0.15, 0.2) is 0 Å². The molecule has 0 heterocycles. The average Bonchev–Trinajstić information content (AvgIpc) is 2.37. The lowest BCUT2D eigenvalue weighted by Crippen LogP contribution is -2.42. The number of amides is 2. The van der Waals surface area contributed by atoms with Crippen LogP contribution in [0.2, 0.25) is 0 Å². The quantitative estimate of drug-likeness (QED) is 0.656. The van der Waals surface area contributed by atoms with E-state index in [1.807, 2.05) is 0 Å². The maximum atomic E-state index is 11.8. The van der Waals surface area contributed by atoms with Crippen LogP contribution in [0.1, 0.15) is 10.4 Å². The third-order valence-electron chi connectivity index (χ3n) is 2.17. The molecule has 0 bridgehead atoms. The number of aliphatic carboxylic acids is 1.